The van der Waals surface area contributed by atoms with E-state index in [0.29, 0.717) is 37.9 Å². The largest absolute Gasteiger partial charge is 0.479 e. The number of hydrogen-bond donors (Lipinski definition) is 2. The van der Waals surface area contributed by atoms with Gasteiger partial charge in [-0.15, -0.1) is 0 Å². The lowest BCUT2D eigenvalue weighted by Crippen LogP contribution is -2.45. The molecule has 0 radical (unpaired) electrons. The Labute approximate surface area is 154 Å². The summed E-state index contributed by atoms with van der Waals surface area (Å²) >= 11 is 0. The minimum absolute atomic E-state index is 0.134. The minimum Gasteiger partial charge on any atom is -0.479 e. The fourth-order valence-electron chi connectivity index (χ4n) is 3.05. The van der Waals surface area contributed by atoms with E-state index in [-0.39, 0.29) is 17.6 Å². The van der Waals surface area contributed by atoms with Gasteiger partial charge in [-0.25, -0.2) is 17.5 Å². The van der Waals surface area contributed by atoms with Crippen LogP contribution in [0.15, 0.2) is 30.3 Å². The highest BCUT2D eigenvalue weighted by Crippen LogP contribution is 2.22. The summed E-state index contributed by atoms with van der Waals surface area (Å²) < 4.78 is 25.9. The van der Waals surface area contributed by atoms with Crippen LogP contribution in [0.5, 0.6) is 0 Å². The van der Waals surface area contributed by atoms with Crippen molar-refractivity contribution in [2.75, 3.05) is 18.8 Å². The zero-order valence-electron chi connectivity index (χ0n) is 14.9. The molecular weight excluding hydrogens is 356 g/mol. The van der Waals surface area contributed by atoms with Crippen LogP contribution >= 0.6 is 0 Å². The normalized spacial score (nSPS) is 17.6. The van der Waals surface area contributed by atoms with Crippen molar-refractivity contribution in [3.63, 3.8) is 0 Å². The number of unbranched alkanes of at least 4 members (excludes halogenated alkanes) is 1. The van der Waals surface area contributed by atoms with Crippen LogP contribution in [0.4, 0.5) is 0 Å². The molecule has 0 spiro atoms. The maximum atomic E-state index is 12.5. The van der Waals surface area contributed by atoms with Crippen molar-refractivity contribution in [2.45, 2.75) is 38.6 Å². The first-order chi connectivity index (χ1) is 12.3. The van der Waals surface area contributed by atoms with Gasteiger partial charge in [0.2, 0.25) is 15.9 Å². The zero-order chi connectivity index (χ0) is 19.2. The van der Waals surface area contributed by atoms with Gasteiger partial charge in [0.1, 0.15) is 0 Å². The fraction of sp³-hybridized carbons (Fsp3) is 0.556. The van der Waals surface area contributed by atoms with Gasteiger partial charge >= 0.3 is 5.97 Å². The first-order valence-corrected chi connectivity index (χ1v) is 10.5. The number of piperidine rings is 1. The Morgan fingerprint density at radius 1 is 1.23 bits per heavy atom. The summed E-state index contributed by atoms with van der Waals surface area (Å²) in [6.07, 6.45) is 2.24. The van der Waals surface area contributed by atoms with Gasteiger partial charge in [-0.05, 0) is 24.8 Å². The number of carbonyl (C=O) groups excluding carboxylic acids is 1. The lowest BCUT2D eigenvalue weighted by atomic mass is 9.96. The molecule has 1 aliphatic rings. The van der Waals surface area contributed by atoms with Crippen molar-refractivity contribution < 1.29 is 23.1 Å². The Hall–Kier alpha value is -1.93. The molecule has 1 heterocycles. The molecule has 1 saturated heterocycles. The molecular formula is C18H26N2O5S. The third-order valence-corrected chi connectivity index (χ3v) is 6.60. The molecule has 7 nitrogen and oxygen atoms in total. The van der Waals surface area contributed by atoms with Gasteiger partial charge in [0, 0.05) is 19.0 Å². The van der Waals surface area contributed by atoms with Crippen LogP contribution in [-0.4, -0.2) is 48.5 Å². The van der Waals surface area contributed by atoms with Gasteiger partial charge in [-0.2, -0.15) is 0 Å². The second-order valence-electron chi connectivity index (χ2n) is 6.53. The number of aliphatic carboxylic acids is 1. The molecule has 1 fully saturated rings. The first-order valence-electron chi connectivity index (χ1n) is 8.91. The minimum atomic E-state index is -3.27. The van der Waals surface area contributed by atoms with Crippen LogP contribution in [0.2, 0.25) is 0 Å². The predicted octanol–water partition coefficient (Wildman–Crippen LogP) is 1.77. The van der Waals surface area contributed by atoms with Crippen LogP contribution in [0.25, 0.3) is 0 Å². The molecule has 26 heavy (non-hydrogen) atoms. The molecule has 1 aromatic carbocycles. The Kier molecular flexibility index (Phi) is 7.16. The summed E-state index contributed by atoms with van der Waals surface area (Å²) in [6.45, 7) is 2.54. The molecule has 2 rings (SSSR count). The number of benzene rings is 1. The molecule has 1 amide bonds. The molecule has 1 aliphatic heterocycles. The van der Waals surface area contributed by atoms with Gasteiger partial charge in [0.25, 0.3) is 0 Å². The topological polar surface area (TPSA) is 104 Å². The summed E-state index contributed by atoms with van der Waals surface area (Å²) in [7, 11) is -3.27. The highest BCUT2D eigenvalue weighted by Gasteiger charge is 2.32. The maximum Gasteiger partial charge on any atom is 0.330 e. The van der Waals surface area contributed by atoms with E-state index in [9.17, 15) is 23.1 Å². The SMILES string of the molecule is CCCCS(=O)(=O)N1CCC(C(=O)N[C@@H](C(=O)O)c2ccccc2)CC1. The van der Waals surface area contributed by atoms with Gasteiger partial charge < -0.3 is 10.4 Å². The zero-order valence-corrected chi connectivity index (χ0v) is 15.7. The van der Waals surface area contributed by atoms with Crippen molar-refractivity contribution in [3.8, 4) is 0 Å². The number of carboxylic acid groups (broad SMARTS) is 1. The molecule has 1 aromatic rings. The summed E-state index contributed by atoms with van der Waals surface area (Å²) in [6, 6.07) is 7.42. The van der Waals surface area contributed by atoms with Gasteiger partial charge in [-0.3, -0.25) is 4.79 Å². The summed E-state index contributed by atoms with van der Waals surface area (Å²) in [5.41, 5.74) is 0.507. The van der Waals surface area contributed by atoms with E-state index < -0.39 is 22.0 Å². The molecule has 0 aliphatic carbocycles. The number of hydrogen-bond acceptors (Lipinski definition) is 4. The third kappa shape index (κ3) is 5.28. The van der Waals surface area contributed by atoms with Crippen LogP contribution in [0.1, 0.15) is 44.2 Å². The fourth-order valence-corrected chi connectivity index (χ4v) is 4.72. The number of amides is 1. The van der Waals surface area contributed by atoms with E-state index in [0.717, 1.165) is 6.42 Å². The Morgan fingerprint density at radius 2 is 1.85 bits per heavy atom. The van der Waals surface area contributed by atoms with Crippen LogP contribution in [0, 0.1) is 5.92 Å². The maximum absolute atomic E-state index is 12.5. The lowest BCUT2D eigenvalue weighted by molar-refractivity contribution is -0.142. The standard InChI is InChI=1S/C18H26N2O5S/c1-2-3-13-26(24,25)20-11-9-15(10-12-20)17(21)19-16(18(22)23)14-7-5-4-6-8-14/h4-8,15-16H,2-3,9-13H2,1H3,(H,19,21)(H,22,23)/t16-/m1/s1. The van der Waals surface area contributed by atoms with Crippen LogP contribution in [0.3, 0.4) is 0 Å². The van der Waals surface area contributed by atoms with Crippen LogP contribution in [-0.2, 0) is 19.6 Å². The Balaban J connectivity index is 1.94. The quantitative estimate of drug-likeness (QED) is 0.713. The third-order valence-electron chi connectivity index (χ3n) is 4.64. The second-order valence-corrected chi connectivity index (χ2v) is 8.62. The molecule has 0 aromatic heterocycles. The molecule has 0 unspecified atom stereocenters. The number of rotatable bonds is 8. The summed E-state index contributed by atoms with van der Waals surface area (Å²) in [4.78, 5) is 24.0. The van der Waals surface area contributed by atoms with Crippen molar-refractivity contribution >= 4 is 21.9 Å². The lowest BCUT2D eigenvalue weighted by Gasteiger charge is -2.31. The average Bonchev–Trinajstić information content (AvgIpc) is 2.65. The number of nitrogens with zero attached hydrogens (tertiary/aromatic N) is 1. The van der Waals surface area contributed by atoms with Gasteiger partial charge in [-0.1, -0.05) is 43.7 Å². The smallest absolute Gasteiger partial charge is 0.330 e. The van der Waals surface area contributed by atoms with Crippen molar-refractivity contribution in [2.24, 2.45) is 5.92 Å². The summed E-state index contributed by atoms with van der Waals surface area (Å²) in [5, 5.41) is 12.0. The average molecular weight is 382 g/mol. The highest BCUT2D eigenvalue weighted by molar-refractivity contribution is 7.89. The number of nitrogens with one attached hydrogen (secondary N) is 1. The highest BCUT2D eigenvalue weighted by atomic mass is 32.2. The van der Waals surface area contributed by atoms with E-state index in [2.05, 4.69) is 5.32 Å². The first kappa shape index (κ1) is 20.4. The molecule has 2 N–H and O–H groups in total. The van der Waals surface area contributed by atoms with E-state index in [1.807, 2.05) is 6.92 Å². The molecule has 144 valence electrons. The van der Waals surface area contributed by atoms with Crippen molar-refractivity contribution in [3.05, 3.63) is 35.9 Å². The Morgan fingerprint density at radius 3 is 2.38 bits per heavy atom. The van der Waals surface area contributed by atoms with Crippen molar-refractivity contribution in [1.29, 1.82) is 0 Å². The van der Waals surface area contributed by atoms with E-state index in [1.54, 1.807) is 30.3 Å². The predicted molar refractivity (Wildman–Crippen MR) is 98.0 cm³/mol. The van der Waals surface area contributed by atoms with Gasteiger partial charge in [0.15, 0.2) is 6.04 Å². The Bertz CT molecular complexity index is 712. The second kappa shape index (κ2) is 9.14. The summed E-state index contributed by atoms with van der Waals surface area (Å²) in [5.74, 6) is -1.70. The number of carbonyl (C=O) groups is 2. The number of carboxylic acids is 1. The molecule has 1 atom stereocenters. The molecule has 0 saturated carbocycles. The molecule has 8 heteroatoms. The monoisotopic (exact) mass is 382 g/mol. The van der Waals surface area contributed by atoms with Gasteiger partial charge in [0.05, 0.1) is 5.75 Å². The van der Waals surface area contributed by atoms with Crippen LogP contribution < -0.4 is 5.32 Å². The van der Waals surface area contributed by atoms with E-state index in [1.165, 1.54) is 4.31 Å². The molecule has 0 bridgehead atoms. The van der Waals surface area contributed by atoms with Crippen molar-refractivity contribution in [1.82, 2.24) is 9.62 Å². The van der Waals surface area contributed by atoms with E-state index >= 15 is 0 Å². The van der Waals surface area contributed by atoms with E-state index in [4.69, 9.17) is 0 Å². The number of sulfonamides is 1.